The zero-order chi connectivity index (χ0) is 13.1. The van der Waals surface area contributed by atoms with E-state index < -0.39 is 11.9 Å². The van der Waals surface area contributed by atoms with E-state index in [1.807, 2.05) is 0 Å². The van der Waals surface area contributed by atoms with Crippen LogP contribution in [0.2, 0.25) is 0 Å². The number of hydrogen-bond acceptors (Lipinski definition) is 4. The largest absolute Gasteiger partial charge is 0.478 e. The Balaban J connectivity index is 2.18. The minimum Gasteiger partial charge on any atom is -0.478 e. The molecular formula is C12H14O6. The fourth-order valence-corrected chi connectivity index (χ4v) is 1.66. The van der Waals surface area contributed by atoms with Gasteiger partial charge in [0.05, 0.1) is 25.4 Å². The van der Waals surface area contributed by atoms with Crippen LogP contribution in [-0.2, 0) is 19.1 Å². The topological polar surface area (TPSA) is 99.7 Å². The van der Waals surface area contributed by atoms with Gasteiger partial charge >= 0.3 is 11.9 Å². The van der Waals surface area contributed by atoms with Crippen molar-refractivity contribution in [2.24, 2.45) is 0 Å². The van der Waals surface area contributed by atoms with Crippen LogP contribution in [0.25, 0.3) is 0 Å². The maximum Gasteiger partial charge on any atom is 0.331 e. The zero-order valence-corrected chi connectivity index (χ0v) is 9.67. The van der Waals surface area contributed by atoms with Gasteiger partial charge in [0, 0.05) is 24.5 Å². The first-order chi connectivity index (χ1) is 8.56. The summed E-state index contributed by atoms with van der Waals surface area (Å²) >= 11 is 0. The van der Waals surface area contributed by atoms with Crippen molar-refractivity contribution in [2.75, 3.05) is 13.2 Å². The smallest absolute Gasteiger partial charge is 0.331 e. The molecule has 0 aliphatic carbocycles. The molecule has 0 aromatic heterocycles. The Labute approximate surface area is 104 Å². The van der Waals surface area contributed by atoms with E-state index in [1.54, 1.807) is 0 Å². The van der Waals surface area contributed by atoms with Crippen LogP contribution in [0.15, 0.2) is 23.3 Å². The number of ether oxygens (including phenoxy) is 2. The fraction of sp³-hybridized carbons (Fsp3) is 0.500. The monoisotopic (exact) mass is 254 g/mol. The van der Waals surface area contributed by atoms with Crippen LogP contribution in [-0.4, -0.2) is 47.6 Å². The number of epoxide rings is 2. The summed E-state index contributed by atoms with van der Waals surface area (Å²) in [6, 6.07) is 0. The lowest BCUT2D eigenvalue weighted by atomic mass is 9.99. The molecule has 0 radical (unpaired) electrons. The zero-order valence-electron chi connectivity index (χ0n) is 9.67. The van der Waals surface area contributed by atoms with Crippen LogP contribution in [0.1, 0.15) is 12.8 Å². The summed E-state index contributed by atoms with van der Waals surface area (Å²) in [6.45, 7) is 1.16. The van der Waals surface area contributed by atoms with Gasteiger partial charge in [-0.15, -0.1) is 0 Å². The first-order valence-corrected chi connectivity index (χ1v) is 5.66. The molecule has 2 unspecified atom stereocenters. The molecule has 18 heavy (non-hydrogen) atoms. The second-order valence-corrected chi connectivity index (χ2v) is 4.30. The predicted octanol–water partition coefficient (Wildman–Crippen LogP) is 0.586. The molecule has 98 valence electrons. The Kier molecular flexibility index (Phi) is 3.78. The lowest BCUT2D eigenvalue weighted by molar-refractivity contribution is -0.133. The van der Waals surface area contributed by atoms with Gasteiger partial charge in [0.2, 0.25) is 0 Å². The van der Waals surface area contributed by atoms with Gasteiger partial charge in [-0.3, -0.25) is 0 Å². The Hall–Kier alpha value is -1.66. The molecule has 6 nitrogen and oxygen atoms in total. The Morgan fingerprint density at radius 2 is 1.61 bits per heavy atom. The standard InChI is InChI=1S/C12H14O6/c13-11(14)2-1-7(3-8-5-17-8)10(12(15)16)4-9-6-18-9/h1-2,8-9H,3-6H2,(H,13,14)(H,15,16). The third kappa shape index (κ3) is 3.97. The summed E-state index contributed by atoms with van der Waals surface area (Å²) in [6.07, 6.45) is 2.99. The van der Waals surface area contributed by atoms with Gasteiger partial charge in [-0.1, -0.05) is 6.08 Å². The molecule has 0 aromatic carbocycles. The van der Waals surface area contributed by atoms with Gasteiger partial charge in [-0.2, -0.15) is 0 Å². The van der Waals surface area contributed by atoms with E-state index in [0.717, 1.165) is 6.08 Å². The predicted molar refractivity (Wildman–Crippen MR) is 60.2 cm³/mol. The van der Waals surface area contributed by atoms with Gasteiger partial charge in [0.25, 0.3) is 0 Å². The molecular weight excluding hydrogens is 240 g/mol. The van der Waals surface area contributed by atoms with Crippen molar-refractivity contribution in [3.05, 3.63) is 23.3 Å². The van der Waals surface area contributed by atoms with E-state index in [4.69, 9.17) is 14.6 Å². The van der Waals surface area contributed by atoms with Crippen LogP contribution < -0.4 is 0 Å². The number of rotatable bonds is 7. The highest BCUT2D eigenvalue weighted by Gasteiger charge is 2.30. The van der Waals surface area contributed by atoms with Crippen molar-refractivity contribution < 1.29 is 29.3 Å². The molecule has 2 fully saturated rings. The van der Waals surface area contributed by atoms with Crippen LogP contribution in [0.4, 0.5) is 0 Å². The molecule has 2 heterocycles. The number of carboxylic acid groups (broad SMARTS) is 2. The Morgan fingerprint density at radius 1 is 1.06 bits per heavy atom. The molecule has 2 rings (SSSR count). The number of hydrogen-bond donors (Lipinski definition) is 2. The van der Waals surface area contributed by atoms with E-state index in [1.165, 1.54) is 6.08 Å². The first kappa shape index (κ1) is 12.8. The summed E-state index contributed by atoms with van der Waals surface area (Å²) < 4.78 is 10.1. The molecule has 0 saturated carbocycles. The van der Waals surface area contributed by atoms with E-state index in [9.17, 15) is 14.7 Å². The average Bonchev–Trinajstić information content (AvgIpc) is 3.14. The minimum atomic E-state index is -1.10. The van der Waals surface area contributed by atoms with E-state index in [-0.39, 0.29) is 17.8 Å². The van der Waals surface area contributed by atoms with E-state index in [0.29, 0.717) is 31.6 Å². The van der Waals surface area contributed by atoms with Gasteiger partial charge in [-0.05, 0) is 5.57 Å². The number of carbonyl (C=O) groups is 2. The highest BCUT2D eigenvalue weighted by Crippen LogP contribution is 2.27. The maximum atomic E-state index is 11.2. The lowest BCUT2D eigenvalue weighted by Crippen LogP contribution is -2.08. The van der Waals surface area contributed by atoms with Crippen LogP contribution >= 0.6 is 0 Å². The molecule has 6 heteroatoms. The molecule has 2 saturated heterocycles. The molecule has 0 aromatic rings. The van der Waals surface area contributed by atoms with Crippen LogP contribution in [0.3, 0.4) is 0 Å². The summed E-state index contributed by atoms with van der Waals surface area (Å²) in [5, 5.41) is 17.8. The molecule has 0 amide bonds. The van der Waals surface area contributed by atoms with E-state index in [2.05, 4.69) is 0 Å². The Bertz CT molecular complexity index is 414. The molecule has 2 atom stereocenters. The minimum absolute atomic E-state index is 0.00733. The summed E-state index contributed by atoms with van der Waals surface area (Å²) in [4.78, 5) is 21.7. The lowest BCUT2D eigenvalue weighted by Gasteiger charge is -2.06. The van der Waals surface area contributed by atoms with Gasteiger partial charge in [-0.25, -0.2) is 9.59 Å². The van der Waals surface area contributed by atoms with Crippen LogP contribution in [0.5, 0.6) is 0 Å². The van der Waals surface area contributed by atoms with E-state index >= 15 is 0 Å². The summed E-state index contributed by atoms with van der Waals surface area (Å²) in [5.41, 5.74) is 0.716. The number of aliphatic carboxylic acids is 2. The SMILES string of the molecule is O=C(O)C=CC(CC1CO1)=C(CC1CO1)C(=O)O. The van der Waals surface area contributed by atoms with Crippen molar-refractivity contribution in [3.63, 3.8) is 0 Å². The summed E-state index contributed by atoms with van der Waals surface area (Å²) in [5.74, 6) is -2.13. The highest BCUT2D eigenvalue weighted by atomic mass is 16.6. The Morgan fingerprint density at radius 3 is 2.06 bits per heavy atom. The second-order valence-electron chi connectivity index (χ2n) is 4.30. The third-order valence-electron chi connectivity index (χ3n) is 2.76. The van der Waals surface area contributed by atoms with Crippen LogP contribution in [0, 0.1) is 0 Å². The second kappa shape index (κ2) is 5.32. The van der Waals surface area contributed by atoms with Crippen molar-refractivity contribution >= 4 is 11.9 Å². The first-order valence-electron chi connectivity index (χ1n) is 5.66. The quantitative estimate of drug-likeness (QED) is 0.392. The molecule has 0 spiro atoms. The molecule has 0 bridgehead atoms. The van der Waals surface area contributed by atoms with Gasteiger partial charge in [0.1, 0.15) is 0 Å². The van der Waals surface area contributed by atoms with Crippen molar-refractivity contribution in [1.82, 2.24) is 0 Å². The molecule has 2 N–H and O–H groups in total. The van der Waals surface area contributed by atoms with Crippen molar-refractivity contribution in [3.8, 4) is 0 Å². The van der Waals surface area contributed by atoms with Crippen molar-refractivity contribution in [1.29, 1.82) is 0 Å². The van der Waals surface area contributed by atoms with Gasteiger partial charge < -0.3 is 19.7 Å². The number of allylic oxidation sites excluding steroid dienone is 1. The molecule has 2 aliphatic rings. The number of carboxylic acids is 2. The normalized spacial score (nSPS) is 26.9. The van der Waals surface area contributed by atoms with Gasteiger partial charge in [0.15, 0.2) is 0 Å². The van der Waals surface area contributed by atoms with Crippen molar-refractivity contribution in [2.45, 2.75) is 25.0 Å². The summed E-state index contributed by atoms with van der Waals surface area (Å²) in [7, 11) is 0. The maximum absolute atomic E-state index is 11.2. The average molecular weight is 254 g/mol. The fourth-order valence-electron chi connectivity index (χ4n) is 1.66. The molecule has 2 aliphatic heterocycles. The third-order valence-corrected chi connectivity index (χ3v) is 2.76. The highest BCUT2D eigenvalue weighted by molar-refractivity contribution is 5.89.